The lowest BCUT2D eigenvalue weighted by Crippen LogP contribution is -2.38. The molecule has 3 rings (SSSR count). The van der Waals surface area contributed by atoms with Crippen LogP contribution in [0.4, 0.5) is 11.4 Å². The predicted molar refractivity (Wildman–Crippen MR) is 129 cm³/mol. The molecular weight excluding hydrogens is 449 g/mol. The van der Waals surface area contributed by atoms with Crippen LogP contribution < -0.4 is 15.4 Å². The summed E-state index contributed by atoms with van der Waals surface area (Å²) < 4.78 is 5.88. The van der Waals surface area contributed by atoms with E-state index in [-0.39, 0.29) is 24.9 Å². The van der Waals surface area contributed by atoms with Crippen LogP contribution in [0.5, 0.6) is 11.5 Å². The van der Waals surface area contributed by atoms with Gasteiger partial charge in [-0.15, -0.1) is 0 Å². The number of para-hydroxylation sites is 3. The van der Waals surface area contributed by atoms with E-state index in [1.165, 1.54) is 0 Å². The van der Waals surface area contributed by atoms with Crippen LogP contribution in [0.1, 0.15) is 6.92 Å². The number of benzene rings is 3. The summed E-state index contributed by atoms with van der Waals surface area (Å²) in [7, 11) is 0. The predicted octanol–water partition coefficient (Wildman–Crippen LogP) is 5.68. The summed E-state index contributed by atoms with van der Waals surface area (Å²) in [4.78, 5) is 26.8. The Kier molecular flexibility index (Phi) is 8.50. The maximum absolute atomic E-state index is 12.6. The van der Waals surface area contributed by atoms with Gasteiger partial charge in [-0.25, -0.2) is 0 Å². The van der Waals surface area contributed by atoms with E-state index >= 15 is 0 Å². The Balaban J connectivity index is 1.58. The average molecular weight is 472 g/mol. The molecule has 32 heavy (non-hydrogen) atoms. The number of carbonyl (C=O) groups excluding carboxylic acids is 2. The molecule has 0 saturated heterocycles. The summed E-state index contributed by atoms with van der Waals surface area (Å²) >= 11 is 12.1. The maximum Gasteiger partial charge on any atom is 0.238 e. The number of nitrogens with zero attached hydrogens (tertiary/aromatic N) is 1. The highest BCUT2D eigenvalue weighted by Gasteiger charge is 2.16. The van der Waals surface area contributed by atoms with Gasteiger partial charge in [0.1, 0.15) is 5.75 Å². The maximum atomic E-state index is 12.6. The monoisotopic (exact) mass is 471 g/mol. The second-order valence-corrected chi connectivity index (χ2v) is 7.78. The lowest BCUT2D eigenvalue weighted by molar-refractivity contribution is -0.119. The summed E-state index contributed by atoms with van der Waals surface area (Å²) in [6.45, 7) is 2.44. The van der Waals surface area contributed by atoms with E-state index in [0.717, 1.165) is 0 Å². The first-order valence-corrected chi connectivity index (χ1v) is 10.8. The SMILES string of the molecule is CCN(CC(=O)Nc1cc(Cl)ccc1Cl)CC(=O)Nc1ccccc1Oc1ccccc1. The molecule has 0 aliphatic rings. The van der Waals surface area contributed by atoms with Gasteiger partial charge in [-0.3, -0.25) is 14.5 Å². The third-order valence-corrected chi connectivity index (χ3v) is 5.08. The molecule has 3 aromatic rings. The first-order chi connectivity index (χ1) is 15.4. The summed E-state index contributed by atoms with van der Waals surface area (Å²) in [6.07, 6.45) is 0. The molecule has 0 fully saturated rings. The van der Waals surface area contributed by atoms with E-state index < -0.39 is 0 Å². The van der Waals surface area contributed by atoms with E-state index in [1.54, 1.807) is 35.2 Å². The van der Waals surface area contributed by atoms with Crippen molar-refractivity contribution in [3.8, 4) is 11.5 Å². The topological polar surface area (TPSA) is 70.7 Å². The summed E-state index contributed by atoms with van der Waals surface area (Å²) in [6, 6.07) is 21.3. The fourth-order valence-electron chi connectivity index (χ4n) is 2.93. The summed E-state index contributed by atoms with van der Waals surface area (Å²) in [5.41, 5.74) is 0.976. The fourth-order valence-corrected chi connectivity index (χ4v) is 3.27. The van der Waals surface area contributed by atoms with Gasteiger partial charge in [0.05, 0.1) is 29.5 Å². The van der Waals surface area contributed by atoms with E-state index in [9.17, 15) is 9.59 Å². The number of ether oxygens (including phenoxy) is 1. The second-order valence-electron chi connectivity index (χ2n) is 6.94. The molecule has 0 aliphatic carbocycles. The lowest BCUT2D eigenvalue weighted by Gasteiger charge is -2.20. The van der Waals surface area contributed by atoms with Crippen molar-refractivity contribution in [2.24, 2.45) is 0 Å². The van der Waals surface area contributed by atoms with Gasteiger partial charge in [0.15, 0.2) is 5.75 Å². The van der Waals surface area contributed by atoms with Crippen LogP contribution in [0, 0.1) is 0 Å². The molecule has 0 unspecified atom stereocenters. The van der Waals surface area contributed by atoms with Crippen molar-refractivity contribution in [2.45, 2.75) is 6.92 Å². The first kappa shape index (κ1) is 23.6. The Morgan fingerprint density at radius 1 is 0.844 bits per heavy atom. The number of amides is 2. The van der Waals surface area contributed by atoms with Gasteiger partial charge < -0.3 is 15.4 Å². The van der Waals surface area contributed by atoms with Crippen LogP contribution in [0.15, 0.2) is 72.8 Å². The van der Waals surface area contributed by atoms with Gasteiger partial charge in [0.2, 0.25) is 11.8 Å². The van der Waals surface area contributed by atoms with Crippen molar-refractivity contribution in [1.82, 2.24) is 4.90 Å². The molecule has 0 saturated carbocycles. The highest BCUT2D eigenvalue weighted by molar-refractivity contribution is 6.35. The Bertz CT molecular complexity index is 1080. The van der Waals surface area contributed by atoms with Crippen LogP contribution in [0.2, 0.25) is 10.0 Å². The Morgan fingerprint density at radius 3 is 2.16 bits per heavy atom. The second kappa shape index (κ2) is 11.5. The number of nitrogens with one attached hydrogen (secondary N) is 2. The van der Waals surface area contributed by atoms with Crippen LogP contribution in [-0.4, -0.2) is 36.3 Å². The van der Waals surface area contributed by atoms with E-state index in [2.05, 4.69) is 10.6 Å². The molecule has 0 spiro atoms. The van der Waals surface area contributed by atoms with Crippen LogP contribution >= 0.6 is 23.2 Å². The number of likely N-dealkylation sites (N-methyl/N-ethyl adjacent to an activating group) is 1. The zero-order valence-electron chi connectivity index (χ0n) is 17.5. The van der Waals surface area contributed by atoms with Crippen molar-refractivity contribution in [3.05, 3.63) is 82.8 Å². The van der Waals surface area contributed by atoms with Gasteiger partial charge in [-0.05, 0) is 49.0 Å². The molecule has 0 aromatic heterocycles. The third-order valence-electron chi connectivity index (χ3n) is 4.52. The minimum absolute atomic E-state index is 0.0227. The van der Waals surface area contributed by atoms with Crippen molar-refractivity contribution in [2.75, 3.05) is 30.3 Å². The van der Waals surface area contributed by atoms with E-state index in [4.69, 9.17) is 27.9 Å². The van der Waals surface area contributed by atoms with Crippen molar-refractivity contribution >= 4 is 46.4 Å². The number of hydrogen-bond donors (Lipinski definition) is 2. The van der Waals surface area contributed by atoms with Crippen molar-refractivity contribution in [1.29, 1.82) is 0 Å². The molecule has 0 heterocycles. The molecule has 0 radical (unpaired) electrons. The molecule has 0 bridgehead atoms. The smallest absolute Gasteiger partial charge is 0.238 e. The molecule has 3 aromatic carbocycles. The van der Waals surface area contributed by atoms with E-state index in [0.29, 0.717) is 39.5 Å². The largest absolute Gasteiger partial charge is 0.455 e. The van der Waals surface area contributed by atoms with Gasteiger partial charge in [-0.1, -0.05) is 60.5 Å². The molecule has 0 aliphatic heterocycles. The van der Waals surface area contributed by atoms with Gasteiger partial charge in [0.25, 0.3) is 0 Å². The van der Waals surface area contributed by atoms with E-state index in [1.807, 2.05) is 49.4 Å². The van der Waals surface area contributed by atoms with Crippen molar-refractivity contribution < 1.29 is 14.3 Å². The van der Waals surface area contributed by atoms with Crippen LogP contribution in [0.3, 0.4) is 0 Å². The van der Waals surface area contributed by atoms with Gasteiger partial charge in [-0.2, -0.15) is 0 Å². The Hall–Kier alpha value is -3.06. The quantitative estimate of drug-likeness (QED) is 0.420. The zero-order chi connectivity index (χ0) is 22.9. The fraction of sp³-hybridized carbons (Fsp3) is 0.167. The zero-order valence-corrected chi connectivity index (χ0v) is 19.0. The molecule has 2 N–H and O–H groups in total. The van der Waals surface area contributed by atoms with Gasteiger partial charge in [0, 0.05) is 5.02 Å². The highest BCUT2D eigenvalue weighted by atomic mass is 35.5. The number of hydrogen-bond acceptors (Lipinski definition) is 4. The average Bonchev–Trinajstić information content (AvgIpc) is 2.78. The standard InChI is InChI=1S/C24H23Cl2N3O3/c1-2-29(16-24(31)28-21-14-17(25)12-13-19(21)26)15-23(30)27-20-10-6-7-11-22(20)32-18-8-4-3-5-9-18/h3-14H,2,15-16H2,1H3,(H,27,30)(H,28,31). The summed E-state index contributed by atoms with van der Waals surface area (Å²) in [5, 5.41) is 6.44. The first-order valence-electron chi connectivity index (χ1n) is 10.0. The summed E-state index contributed by atoms with van der Waals surface area (Å²) in [5.74, 6) is 0.644. The third kappa shape index (κ3) is 6.99. The normalized spacial score (nSPS) is 10.6. The Morgan fingerprint density at radius 2 is 1.47 bits per heavy atom. The van der Waals surface area contributed by atoms with Crippen LogP contribution in [-0.2, 0) is 9.59 Å². The number of halogens is 2. The minimum Gasteiger partial charge on any atom is -0.455 e. The molecular formula is C24H23Cl2N3O3. The highest BCUT2D eigenvalue weighted by Crippen LogP contribution is 2.29. The van der Waals surface area contributed by atoms with Gasteiger partial charge >= 0.3 is 0 Å². The van der Waals surface area contributed by atoms with Crippen LogP contribution in [0.25, 0.3) is 0 Å². The molecule has 0 atom stereocenters. The number of anilines is 2. The minimum atomic E-state index is -0.295. The Labute approximate surface area is 197 Å². The molecule has 2 amide bonds. The number of rotatable bonds is 9. The lowest BCUT2D eigenvalue weighted by atomic mass is 10.2. The molecule has 6 nitrogen and oxygen atoms in total. The molecule has 166 valence electrons. The number of carbonyl (C=O) groups is 2. The molecule has 8 heteroatoms. The van der Waals surface area contributed by atoms with Crippen molar-refractivity contribution in [3.63, 3.8) is 0 Å².